The van der Waals surface area contributed by atoms with Crippen molar-refractivity contribution in [1.29, 1.82) is 0 Å². The van der Waals surface area contributed by atoms with Crippen LogP contribution in [0, 0.1) is 10.1 Å². The number of H-pyrrole nitrogens is 1. The third-order valence-electron chi connectivity index (χ3n) is 7.11. The number of hydrogen-bond acceptors (Lipinski definition) is 6. The van der Waals surface area contributed by atoms with Crippen LogP contribution in [0.5, 0.6) is 5.88 Å². The van der Waals surface area contributed by atoms with Gasteiger partial charge < -0.3 is 20.3 Å². The maximum Gasteiger partial charge on any atom is 0.270 e. The molecule has 40 heavy (non-hydrogen) atoms. The number of hydrogen-bond donors (Lipinski definition) is 3. The summed E-state index contributed by atoms with van der Waals surface area (Å²) in [5, 5.41) is 25.8. The number of amides is 2. The lowest BCUT2D eigenvalue weighted by Gasteiger charge is -2.28. The molecule has 0 aliphatic carbocycles. The van der Waals surface area contributed by atoms with E-state index in [2.05, 4.69) is 10.3 Å². The van der Waals surface area contributed by atoms with Crippen molar-refractivity contribution in [2.45, 2.75) is 33.2 Å². The zero-order valence-corrected chi connectivity index (χ0v) is 22.2. The van der Waals surface area contributed by atoms with E-state index in [1.165, 1.54) is 19.1 Å². The molecule has 1 aliphatic heterocycles. The van der Waals surface area contributed by atoms with E-state index >= 15 is 0 Å². The highest BCUT2D eigenvalue weighted by Gasteiger charge is 2.22. The third kappa shape index (κ3) is 5.56. The highest BCUT2D eigenvalue weighted by atomic mass is 16.6. The number of non-ortho nitro benzene ring substituents is 1. The molecule has 0 unspecified atom stereocenters. The molecule has 0 fully saturated rings. The average molecular weight is 540 g/mol. The number of carbonyl (C=O) groups is 2. The fourth-order valence-corrected chi connectivity index (χ4v) is 5.00. The van der Waals surface area contributed by atoms with Crippen LogP contribution in [0.15, 0.2) is 65.7 Å². The normalized spacial score (nSPS) is 13.2. The molecule has 0 saturated heterocycles. The van der Waals surface area contributed by atoms with Gasteiger partial charge in [0.15, 0.2) is 5.88 Å². The monoisotopic (exact) mass is 539 g/mol. The summed E-state index contributed by atoms with van der Waals surface area (Å²) in [6, 6.07) is 17.9. The lowest BCUT2D eigenvalue weighted by molar-refractivity contribution is -0.384. The number of rotatable bonds is 7. The first-order chi connectivity index (χ1) is 19.2. The number of benzene rings is 3. The second kappa shape index (κ2) is 11.0. The molecular weight excluding hydrogens is 510 g/mol. The van der Waals surface area contributed by atoms with E-state index in [1.807, 2.05) is 42.5 Å². The van der Waals surface area contributed by atoms with Crippen molar-refractivity contribution in [3.05, 3.63) is 98.6 Å². The Morgan fingerprint density at radius 1 is 1.07 bits per heavy atom. The molecule has 4 aromatic rings. The van der Waals surface area contributed by atoms with E-state index in [0.717, 1.165) is 16.7 Å². The van der Waals surface area contributed by atoms with E-state index in [1.54, 1.807) is 17.9 Å². The van der Waals surface area contributed by atoms with Crippen LogP contribution in [0.4, 0.5) is 11.4 Å². The van der Waals surface area contributed by atoms with Crippen molar-refractivity contribution >= 4 is 39.8 Å². The zero-order valence-electron chi connectivity index (χ0n) is 22.2. The minimum Gasteiger partial charge on any atom is -0.494 e. The Morgan fingerprint density at radius 3 is 2.55 bits per heavy atom. The smallest absolute Gasteiger partial charge is 0.270 e. The topological polar surface area (TPSA) is 141 Å². The first kappa shape index (κ1) is 26.6. The number of carbonyl (C=O) groups excluding carboxylic acids is 2. The van der Waals surface area contributed by atoms with Crippen LogP contribution < -0.4 is 5.32 Å². The third-order valence-corrected chi connectivity index (χ3v) is 7.11. The van der Waals surface area contributed by atoms with Crippen molar-refractivity contribution in [2.24, 2.45) is 4.99 Å². The molecule has 204 valence electrons. The minimum absolute atomic E-state index is 0.0412. The molecule has 0 spiro atoms. The Kier molecular flexibility index (Phi) is 7.33. The van der Waals surface area contributed by atoms with Gasteiger partial charge in [0.05, 0.1) is 21.9 Å². The first-order valence-electron chi connectivity index (χ1n) is 13.0. The standard InChI is InChI=1S/C30H29N5O5/c1-18(36)31-13-11-20-3-5-21(6-4-20)29(28-26-16-25(35(39)40)9-10-27(26)33-30(28)38)32-24-8-7-23-17-34(19(2)37)14-12-22(23)15-24/h3-10,15-16,33,38H,11-14,17H2,1-2H3,(H,31,36). The molecule has 5 rings (SSSR count). The molecule has 2 amide bonds. The maximum absolute atomic E-state index is 11.8. The molecule has 1 aromatic heterocycles. The summed E-state index contributed by atoms with van der Waals surface area (Å²) in [6.45, 7) is 4.74. The molecule has 0 bridgehead atoms. The molecular formula is C30H29N5O5. The van der Waals surface area contributed by atoms with Gasteiger partial charge in [0.2, 0.25) is 11.8 Å². The van der Waals surface area contributed by atoms with Crippen LogP contribution in [0.25, 0.3) is 10.9 Å². The van der Waals surface area contributed by atoms with Crippen LogP contribution in [0.3, 0.4) is 0 Å². The summed E-state index contributed by atoms with van der Waals surface area (Å²) in [5.41, 5.74) is 5.84. The highest BCUT2D eigenvalue weighted by molar-refractivity contribution is 6.22. The lowest BCUT2D eigenvalue weighted by atomic mass is 9.97. The zero-order chi connectivity index (χ0) is 28.4. The van der Waals surface area contributed by atoms with Crippen molar-refractivity contribution in [2.75, 3.05) is 13.1 Å². The predicted octanol–water partition coefficient (Wildman–Crippen LogP) is 4.53. The maximum atomic E-state index is 11.8. The molecule has 1 aliphatic rings. The van der Waals surface area contributed by atoms with Gasteiger partial charge in [-0.1, -0.05) is 30.3 Å². The molecule has 3 N–H and O–H groups in total. The second-order valence-corrected chi connectivity index (χ2v) is 9.87. The number of aromatic hydroxyl groups is 1. The lowest BCUT2D eigenvalue weighted by Crippen LogP contribution is -2.34. The van der Waals surface area contributed by atoms with E-state index < -0.39 is 4.92 Å². The number of aliphatic imine (C=N–C) groups is 1. The molecule has 0 atom stereocenters. The van der Waals surface area contributed by atoms with E-state index in [4.69, 9.17) is 4.99 Å². The number of aromatic amines is 1. The van der Waals surface area contributed by atoms with Crippen LogP contribution in [-0.4, -0.2) is 50.5 Å². The molecule has 2 heterocycles. The molecule has 0 radical (unpaired) electrons. The molecule has 3 aromatic carbocycles. The quantitative estimate of drug-likeness (QED) is 0.180. The molecule has 10 nitrogen and oxygen atoms in total. The summed E-state index contributed by atoms with van der Waals surface area (Å²) in [6.07, 6.45) is 1.36. The summed E-state index contributed by atoms with van der Waals surface area (Å²) in [4.78, 5) is 43.8. The van der Waals surface area contributed by atoms with Crippen molar-refractivity contribution in [3.63, 3.8) is 0 Å². The predicted molar refractivity (Wildman–Crippen MR) is 152 cm³/mol. The van der Waals surface area contributed by atoms with Gasteiger partial charge in [0.1, 0.15) is 0 Å². The van der Waals surface area contributed by atoms with Crippen molar-refractivity contribution in [3.8, 4) is 5.88 Å². The van der Waals surface area contributed by atoms with E-state index in [0.29, 0.717) is 65.9 Å². The first-order valence-corrected chi connectivity index (χ1v) is 13.0. The van der Waals surface area contributed by atoms with Crippen LogP contribution in [0.1, 0.15) is 41.7 Å². The Morgan fingerprint density at radius 2 is 1.85 bits per heavy atom. The SMILES string of the molecule is CC(=O)NCCc1ccc(C(=Nc2ccc3c(c2)CCN(C(C)=O)C3)c2c(O)[nH]c3ccc([N+](=O)[O-])cc23)cc1. The van der Waals surface area contributed by atoms with Crippen LogP contribution in [-0.2, 0) is 29.0 Å². The van der Waals surface area contributed by atoms with E-state index in [-0.39, 0.29) is 23.4 Å². The number of nitrogens with zero attached hydrogens (tertiary/aromatic N) is 3. The van der Waals surface area contributed by atoms with Gasteiger partial charge in [-0.3, -0.25) is 19.7 Å². The summed E-state index contributed by atoms with van der Waals surface area (Å²) >= 11 is 0. The van der Waals surface area contributed by atoms with Gasteiger partial charge in [-0.15, -0.1) is 0 Å². The van der Waals surface area contributed by atoms with Crippen LogP contribution >= 0.6 is 0 Å². The van der Waals surface area contributed by atoms with Gasteiger partial charge in [-0.2, -0.15) is 0 Å². The van der Waals surface area contributed by atoms with Crippen molar-refractivity contribution < 1.29 is 19.6 Å². The summed E-state index contributed by atoms with van der Waals surface area (Å²) in [5.74, 6) is -0.188. The van der Waals surface area contributed by atoms with Gasteiger partial charge in [0, 0.05) is 62.1 Å². The number of nitrogens with one attached hydrogen (secondary N) is 2. The Bertz CT molecular complexity index is 1660. The number of fused-ring (bicyclic) bond motifs is 2. The average Bonchev–Trinajstić information content (AvgIpc) is 3.26. The minimum atomic E-state index is -0.470. The second-order valence-electron chi connectivity index (χ2n) is 9.87. The number of aromatic nitrogens is 1. The Balaban J connectivity index is 1.59. The van der Waals surface area contributed by atoms with Gasteiger partial charge >= 0.3 is 0 Å². The number of nitro benzene ring substituents is 1. The fraction of sp³-hybridized carbons (Fsp3) is 0.233. The van der Waals surface area contributed by atoms with Crippen LogP contribution in [0.2, 0.25) is 0 Å². The summed E-state index contributed by atoms with van der Waals surface area (Å²) in [7, 11) is 0. The summed E-state index contributed by atoms with van der Waals surface area (Å²) < 4.78 is 0. The van der Waals surface area contributed by atoms with Gasteiger partial charge in [-0.05, 0) is 47.7 Å². The van der Waals surface area contributed by atoms with Gasteiger partial charge in [0.25, 0.3) is 5.69 Å². The fourth-order valence-electron chi connectivity index (χ4n) is 5.00. The largest absolute Gasteiger partial charge is 0.494 e. The van der Waals surface area contributed by atoms with Gasteiger partial charge in [-0.25, -0.2) is 4.99 Å². The molecule has 10 heteroatoms. The Hall–Kier alpha value is -4.99. The van der Waals surface area contributed by atoms with E-state index in [9.17, 15) is 24.8 Å². The highest BCUT2D eigenvalue weighted by Crippen LogP contribution is 2.34. The number of nitro groups is 1. The Labute approximate surface area is 230 Å². The van der Waals surface area contributed by atoms with Crippen molar-refractivity contribution in [1.82, 2.24) is 15.2 Å². The molecule has 0 saturated carbocycles.